The first-order valence-electron chi connectivity index (χ1n) is 6.05. The fourth-order valence-electron chi connectivity index (χ4n) is 3.05. The van der Waals surface area contributed by atoms with Crippen LogP contribution in [0.4, 0.5) is 0 Å². The second kappa shape index (κ2) is 7.30. The van der Waals surface area contributed by atoms with Crippen molar-refractivity contribution in [1.82, 2.24) is 0 Å². The minimum atomic E-state index is -1.38. The van der Waals surface area contributed by atoms with E-state index in [9.17, 15) is 4.79 Å². The molecule has 0 aromatic carbocycles. The van der Waals surface area contributed by atoms with Gasteiger partial charge in [-0.15, -0.1) is 6.04 Å². The van der Waals surface area contributed by atoms with E-state index in [2.05, 4.69) is 13.5 Å². The quantitative estimate of drug-likeness (QED) is 0.377. The molecule has 3 N–H and O–H groups in total. The van der Waals surface area contributed by atoms with Gasteiger partial charge in [-0.3, -0.25) is 0 Å². The Bertz CT molecular complexity index is 277. The molecule has 5 heteroatoms. The van der Waals surface area contributed by atoms with Crippen LogP contribution in [0.1, 0.15) is 38.5 Å². The Balaban J connectivity index is 0.000000362. The van der Waals surface area contributed by atoms with Gasteiger partial charge in [-0.05, 0) is 6.58 Å². The summed E-state index contributed by atoms with van der Waals surface area (Å²) in [5.74, 6) is -1.61. The van der Waals surface area contributed by atoms with Crippen molar-refractivity contribution in [2.75, 3.05) is 0 Å². The Morgan fingerprint density at radius 1 is 1.28 bits per heavy atom. The van der Waals surface area contributed by atoms with Gasteiger partial charge in [-0.2, -0.15) is 5.92 Å². The van der Waals surface area contributed by atoms with E-state index in [-0.39, 0.29) is 27.1 Å². The minimum absolute atomic E-state index is 0. The topological polar surface area (TPSA) is 81.3 Å². The number of aliphatic hydroxyl groups is 1. The second-order valence-electron chi connectivity index (χ2n) is 5.02. The predicted octanol–water partition coefficient (Wildman–Crippen LogP) is 3.35. The number of hydrogen-bond donors (Lipinski definition) is 2. The van der Waals surface area contributed by atoms with Crippen LogP contribution in [0.2, 0.25) is 0 Å². The van der Waals surface area contributed by atoms with Crippen molar-refractivity contribution in [2.24, 2.45) is 11.3 Å². The van der Waals surface area contributed by atoms with Gasteiger partial charge in [0, 0.05) is 0 Å². The molecule has 0 aromatic rings. The van der Waals surface area contributed by atoms with Crippen LogP contribution in [-0.4, -0.2) is 22.2 Å². The van der Waals surface area contributed by atoms with Crippen LogP contribution in [0.25, 0.3) is 5.73 Å². The van der Waals surface area contributed by atoms with Crippen molar-refractivity contribution in [3.05, 3.63) is 25.0 Å². The van der Waals surface area contributed by atoms with Gasteiger partial charge in [-0.1, -0.05) is 43.9 Å². The monoisotopic (exact) mass is 434 g/mol. The maximum absolute atomic E-state index is 9.35. The van der Waals surface area contributed by atoms with E-state index in [1.54, 1.807) is 0 Å². The average molecular weight is 434 g/mol. The molecule has 18 heavy (non-hydrogen) atoms. The molecule has 106 valence electrons. The number of nitrogens with one attached hydrogen (secondary N) is 1. The molecule has 0 radical (unpaired) electrons. The molecule has 2 fully saturated rings. The van der Waals surface area contributed by atoms with E-state index in [0.717, 1.165) is 6.42 Å². The zero-order chi connectivity index (χ0) is 13.1. The first kappa shape index (κ1) is 17.7. The van der Waals surface area contributed by atoms with Gasteiger partial charge >= 0.3 is 27.0 Å². The third-order valence-electron chi connectivity index (χ3n) is 4.08. The van der Waals surface area contributed by atoms with Gasteiger partial charge in [0.15, 0.2) is 5.76 Å². The maximum atomic E-state index is 9.35. The largest absolute Gasteiger partial charge is 2.00 e. The molecule has 1 spiro atoms. The Morgan fingerprint density at radius 2 is 1.72 bits per heavy atom. The summed E-state index contributed by atoms with van der Waals surface area (Å²) in [5.41, 5.74) is 8.33. The predicted molar refractivity (Wildman–Crippen MR) is 66.5 cm³/mol. The number of rotatable bonds is 1. The van der Waals surface area contributed by atoms with Crippen LogP contribution in [0.3, 0.4) is 0 Å². The number of carboxylic acids is 1. The summed E-state index contributed by atoms with van der Waals surface area (Å²) in [4.78, 5) is 9.35. The van der Waals surface area contributed by atoms with Crippen molar-refractivity contribution >= 4 is 5.97 Å². The third-order valence-corrected chi connectivity index (χ3v) is 4.08. The Labute approximate surface area is 123 Å². The molecular formula is C13H21NO3Pt. The summed E-state index contributed by atoms with van der Waals surface area (Å²) in [6.07, 6.45) is 7.58. The molecule has 0 unspecified atom stereocenters. The Kier molecular flexibility index (Phi) is 7.16. The van der Waals surface area contributed by atoms with E-state index in [0.29, 0.717) is 11.3 Å². The first-order chi connectivity index (χ1) is 7.90. The molecule has 0 aliphatic heterocycles. The normalized spacial score (nSPS) is 33.4. The molecule has 2 rings (SSSR count). The smallest absolute Gasteiger partial charge is 0.674 e. The van der Waals surface area contributed by atoms with Gasteiger partial charge in [0.2, 0.25) is 0 Å². The molecule has 0 saturated heterocycles. The van der Waals surface area contributed by atoms with Crippen LogP contribution in [0.5, 0.6) is 0 Å². The minimum Gasteiger partial charge on any atom is -0.674 e. The van der Waals surface area contributed by atoms with Crippen molar-refractivity contribution in [3.8, 4) is 0 Å². The van der Waals surface area contributed by atoms with Crippen molar-refractivity contribution in [1.29, 1.82) is 0 Å². The molecule has 0 amide bonds. The van der Waals surface area contributed by atoms with E-state index < -0.39 is 11.7 Å². The van der Waals surface area contributed by atoms with E-state index in [1.165, 1.54) is 32.1 Å². The molecule has 2 saturated carbocycles. The molecule has 2 aliphatic rings. The van der Waals surface area contributed by atoms with E-state index >= 15 is 0 Å². The molecule has 0 heterocycles. The van der Waals surface area contributed by atoms with Crippen LogP contribution in [0, 0.1) is 18.3 Å². The first-order valence-corrected chi connectivity index (χ1v) is 6.05. The molecule has 0 bridgehead atoms. The number of hydrogen-bond acceptors (Lipinski definition) is 2. The number of aliphatic carboxylic acids is 1. The third kappa shape index (κ3) is 3.82. The van der Waals surface area contributed by atoms with Crippen LogP contribution in [0.15, 0.2) is 12.3 Å². The Hall–Kier alpha value is -0.342. The van der Waals surface area contributed by atoms with Crippen LogP contribution in [-0.2, 0) is 25.9 Å². The molecule has 3 atom stereocenters. The van der Waals surface area contributed by atoms with Crippen LogP contribution >= 0.6 is 0 Å². The van der Waals surface area contributed by atoms with Crippen LogP contribution < -0.4 is 0 Å². The summed E-state index contributed by atoms with van der Waals surface area (Å²) in [6.45, 7) is 6.91. The fraction of sp³-hybridized carbons (Fsp3) is 0.692. The maximum Gasteiger partial charge on any atom is 2.00 e. The van der Waals surface area contributed by atoms with Gasteiger partial charge in [0.1, 0.15) is 0 Å². The summed E-state index contributed by atoms with van der Waals surface area (Å²) < 4.78 is 0. The van der Waals surface area contributed by atoms with Crippen molar-refractivity contribution < 1.29 is 36.1 Å². The molecule has 2 aliphatic carbocycles. The second-order valence-corrected chi connectivity index (χ2v) is 5.02. The van der Waals surface area contributed by atoms with Gasteiger partial charge in [0.25, 0.3) is 0 Å². The molecular weight excluding hydrogens is 413 g/mol. The zero-order valence-corrected chi connectivity index (χ0v) is 12.7. The van der Waals surface area contributed by atoms with E-state index in [1.807, 2.05) is 0 Å². The van der Waals surface area contributed by atoms with E-state index in [4.69, 9.17) is 15.9 Å². The zero-order valence-electron chi connectivity index (χ0n) is 10.4. The van der Waals surface area contributed by atoms with Gasteiger partial charge in [-0.25, -0.2) is 4.79 Å². The SMILES string of the molecule is C=C(O)C(=O)O.[CH2-][C@H]1CCC[C@]12CCC[C@@H]2[NH-].[Pt+2]. The van der Waals surface area contributed by atoms with Gasteiger partial charge in [0.05, 0.1) is 0 Å². The average Bonchev–Trinajstić information content (AvgIpc) is 2.78. The number of aliphatic hydroxyl groups excluding tert-OH is 1. The Morgan fingerprint density at radius 3 is 2.00 bits per heavy atom. The standard InChI is InChI=1S/C10H17N.C3H4O3.Pt/c1-8-4-2-6-10(8)7-3-5-9(10)11;1-2(4)3(5)6;/h8-9,11H,1-7H2;4H,1H2,(H,5,6);/q-2;;+2/t8-,9-,10-;;/m0../s1. The van der Waals surface area contributed by atoms with Crippen molar-refractivity contribution in [2.45, 2.75) is 44.6 Å². The summed E-state index contributed by atoms with van der Waals surface area (Å²) in [6, 6.07) is 0.215. The number of carboxylic acid groups (broad SMARTS) is 1. The molecule has 4 nitrogen and oxygen atoms in total. The van der Waals surface area contributed by atoms with Gasteiger partial charge < -0.3 is 22.9 Å². The van der Waals surface area contributed by atoms with Crippen molar-refractivity contribution in [3.63, 3.8) is 0 Å². The summed E-state index contributed by atoms with van der Waals surface area (Å²) in [5, 5.41) is 15.5. The summed E-state index contributed by atoms with van der Waals surface area (Å²) >= 11 is 0. The number of carbonyl (C=O) groups is 1. The summed E-state index contributed by atoms with van der Waals surface area (Å²) in [7, 11) is 0. The fourth-order valence-corrected chi connectivity index (χ4v) is 3.05. The molecule has 0 aromatic heterocycles.